The van der Waals surface area contributed by atoms with Gasteiger partial charge in [0.05, 0.1) is 6.10 Å². The van der Waals surface area contributed by atoms with Gasteiger partial charge in [-0.2, -0.15) is 0 Å². The standard InChI is InChI=1S/C20H36O2/c1-16(2)11-7-8-12-18(5)13-9-10-14-19(6)15-20(21)22-17(3)4/h10,14-18H,7-9,11-13H2,1-6H3. The molecule has 0 rings (SSSR count). The normalized spacial score (nSPS) is 14.1. The molecule has 0 aromatic carbocycles. The lowest BCUT2D eigenvalue weighted by molar-refractivity contribution is -0.141. The smallest absolute Gasteiger partial charge is 0.331 e. The lowest BCUT2D eigenvalue weighted by atomic mass is 9.96. The Morgan fingerprint density at radius 2 is 1.64 bits per heavy atom. The van der Waals surface area contributed by atoms with Crippen LogP contribution in [0.4, 0.5) is 0 Å². The maximum atomic E-state index is 11.5. The van der Waals surface area contributed by atoms with Gasteiger partial charge in [0.1, 0.15) is 0 Å². The molecule has 0 fully saturated rings. The number of ether oxygens (including phenoxy) is 1. The Bertz CT molecular complexity index is 351. The van der Waals surface area contributed by atoms with Gasteiger partial charge < -0.3 is 4.74 Å². The molecular weight excluding hydrogens is 272 g/mol. The van der Waals surface area contributed by atoms with Crippen molar-refractivity contribution in [3.8, 4) is 0 Å². The van der Waals surface area contributed by atoms with Crippen molar-refractivity contribution in [2.75, 3.05) is 0 Å². The fraction of sp³-hybridized carbons (Fsp3) is 0.750. The number of hydrogen-bond donors (Lipinski definition) is 0. The van der Waals surface area contributed by atoms with E-state index < -0.39 is 0 Å². The Morgan fingerprint density at radius 3 is 2.23 bits per heavy atom. The van der Waals surface area contributed by atoms with Crippen molar-refractivity contribution in [2.24, 2.45) is 11.8 Å². The van der Waals surface area contributed by atoms with Crippen LogP contribution >= 0.6 is 0 Å². The number of allylic oxidation sites excluding steroid dienone is 3. The van der Waals surface area contributed by atoms with Crippen LogP contribution in [0.25, 0.3) is 0 Å². The number of carbonyl (C=O) groups is 1. The van der Waals surface area contributed by atoms with Crippen LogP contribution < -0.4 is 0 Å². The van der Waals surface area contributed by atoms with Crippen LogP contribution in [0.1, 0.15) is 80.1 Å². The molecule has 0 aromatic rings. The van der Waals surface area contributed by atoms with Gasteiger partial charge >= 0.3 is 5.97 Å². The molecule has 128 valence electrons. The Balaban J connectivity index is 3.83. The molecule has 0 aromatic heterocycles. The minimum atomic E-state index is -0.254. The van der Waals surface area contributed by atoms with Crippen LogP contribution in [-0.4, -0.2) is 12.1 Å². The predicted octanol–water partition coefficient (Wildman–Crippen LogP) is 6.07. The second kappa shape index (κ2) is 12.5. The van der Waals surface area contributed by atoms with Gasteiger partial charge in [0.2, 0.25) is 0 Å². The van der Waals surface area contributed by atoms with E-state index in [1.165, 1.54) is 32.1 Å². The third kappa shape index (κ3) is 13.9. The zero-order valence-corrected chi connectivity index (χ0v) is 15.5. The van der Waals surface area contributed by atoms with Crippen LogP contribution in [0.2, 0.25) is 0 Å². The fourth-order valence-corrected chi connectivity index (χ4v) is 2.34. The van der Waals surface area contributed by atoms with Crippen molar-refractivity contribution < 1.29 is 9.53 Å². The summed E-state index contributed by atoms with van der Waals surface area (Å²) in [6.45, 7) is 12.6. The van der Waals surface area contributed by atoms with E-state index >= 15 is 0 Å². The molecule has 0 heterocycles. The number of unbranched alkanes of at least 4 members (excludes halogenated alkanes) is 1. The summed E-state index contributed by atoms with van der Waals surface area (Å²) >= 11 is 0. The van der Waals surface area contributed by atoms with E-state index in [0.29, 0.717) is 0 Å². The number of hydrogen-bond acceptors (Lipinski definition) is 2. The van der Waals surface area contributed by atoms with Crippen LogP contribution in [0, 0.1) is 11.8 Å². The quantitative estimate of drug-likeness (QED) is 0.200. The molecule has 0 bridgehead atoms. The molecule has 2 nitrogen and oxygen atoms in total. The first-order valence-corrected chi connectivity index (χ1v) is 8.86. The van der Waals surface area contributed by atoms with E-state index in [1.54, 1.807) is 6.08 Å². The molecule has 0 N–H and O–H groups in total. The van der Waals surface area contributed by atoms with Crippen molar-refractivity contribution in [1.82, 2.24) is 0 Å². The Morgan fingerprint density at radius 1 is 1.00 bits per heavy atom. The first kappa shape index (κ1) is 20.9. The Kier molecular flexibility index (Phi) is 11.9. The molecule has 0 saturated carbocycles. The summed E-state index contributed by atoms with van der Waals surface area (Å²) in [5.41, 5.74) is 0.954. The van der Waals surface area contributed by atoms with Gasteiger partial charge in [0, 0.05) is 6.08 Å². The lowest BCUT2D eigenvalue weighted by Gasteiger charge is -2.10. The van der Waals surface area contributed by atoms with E-state index in [0.717, 1.165) is 23.8 Å². The molecule has 1 atom stereocenters. The SMILES string of the molecule is CC(C=CCCC(C)CCCCC(C)C)=CC(=O)OC(C)C. The predicted molar refractivity (Wildman–Crippen MR) is 95.8 cm³/mol. The first-order chi connectivity index (χ1) is 10.3. The van der Waals surface area contributed by atoms with E-state index in [2.05, 4.69) is 26.8 Å². The highest BCUT2D eigenvalue weighted by Gasteiger charge is 2.02. The molecule has 22 heavy (non-hydrogen) atoms. The monoisotopic (exact) mass is 308 g/mol. The average Bonchev–Trinajstić information content (AvgIpc) is 2.38. The maximum Gasteiger partial charge on any atom is 0.331 e. The van der Waals surface area contributed by atoms with Gasteiger partial charge in [0.15, 0.2) is 0 Å². The van der Waals surface area contributed by atoms with E-state index in [1.807, 2.05) is 26.8 Å². The molecule has 0 amide bonds. The Labute approximate surface area is 138 Å². The van der Waals surface area contributed by atoms with Crippen molar-refractivity contribution in [3.05, 3.63) is 23.8 Å². The number of rotatable bonds is 11. The third-order valence-corrected chi connectivity index (χ3v) is 3.63. The lowest BCUT2D eigenvalue weighted by Crippen LogP contribution is -2.08. The summed E-state index contributed by atoms with van der Waals surface area (Å²) in [4.78, 5) is 11.5. The Hall–Kier alpha value is -1.05. The maximum absolute atomic E-state index is 11.5. The van der Waals surface area contributed by atoms with Gasteiger partial charge in [-0.05, 0) is 51.0 Å². The topological polar surface area (TPSA) is 26.3 Å². The van der Waals surface area contributed by atoms with Gasteiger partial charge in [-0.25, -0.2) is 4.79 Å². The average molecular weight is 309 g/mol. The zero-order valence-electron chi connectivity index (χ0n) is 15.5. The second-order valence-electron chi connectivity index (χ2n) is 7.14. The highest BCUT2D eigenvalue weighted by Crippen LogP contribution is 2.17. The van der Waals surface area contributed by atoms with E-state index in [-0.39, 0.29) is 12.1 Å². The number of carbonyl (C=O) groups excluding carboxylic acids is 1. The molecule has 2 heteroatoms. The van der Waals surface area contributed by atoms with E-state index in [9.17, 15) is 4.79 Å². The largest absolute Gasteiger partial charge is 0.460 e. The highest BCUT2D eigenvalue weighted by atomic mass is 16.5. The van der Waals surface area contributed by atoms with Crippen LogP contribution in [0.3, 0.4) is 0 Å². The van der Waals surface area contributed by atoms with Crippen LogP contribution in [-0.2, 0) is 9.53 Å². The molecular formula is C20H36O2. The third-order valence-electron chi connectivity index (χ3n) is 3.63. The first-order valence-electron chi connectivity index (χ1n) is 8.86. The van der Waals surface area contributed by atoms with Crippen LogP contribution in [0.5, 0.6) is 0 Å². The molecule has 0 spiro atoms. The van der Waals surface area contributed by atoms with Crippen molar-refractivity contribution in [2.45, 2.75) is 86.2 Å². The molecule has 1 unspecified atom stereocenters. The molecule has 0 saturated heterocycles. The van der Waals surface area contributed by atoms with Crippen molar-refractivity contribution in [3.63, 3.8) is 0 Å². The molecule has 0 aliphatic rings. The highest BCUT2D eigenvalue weighted by molar-refractivity contribution is 5.83. The summed E-state index contributed by atoms with van der Waals surface area (Å²) in [5, 5.41) is 0. The van der Waals surface area contributed by atoms with Gasteiger partial charge in [-0.3, -0.25) is 0 Å². The summed E-state index contributed by atoms with van der Waals surface area (Å²) in [6.07, 6.45) is 13.4. The number of esters is 1. The van der Waals surface area contributed by atoms with Gasteiger partial charge in [-0.15, -0.1) is 0 Å². The van der Waals surface area contributed by atoms with Crippen molar-refractivity contribution in [1.29, 1.82) is 0 Å². The van der Waals surface area contributed by atoms with Crippen molar-refractivity contribution >= 4 is 5.97 Å². The van der Waals surface area contributed by atoms with Crippen LogP contribution in [0.15, 0.2) is 23.8 Å². The summed E-state index contributed by atoms with van der Waals surface area (Å²) in [7, 11) is 0. The zero-order chi connectivity index (χ0) is 17.0. The summed E-state index contributed by atoms with van der Waals surface area (Å²) in [6, 6.07) is 0. The molecule has 0 aliphatic carbocycles. The molecule has 0 radical (unpaired) electrons. The minimum Gasteiger partial charge on any atom is -0.460 e. The fourth-order valence-electron chi connectivity index (χ4n) is 2.34. The van der Waals surface area contributed by atoms with Gasteiger partial charge in [-0.1, -0.05) is 58.6 Å². The van der Waals surface area contributed by atoms with E-state index in [4.69, 9.17) is 4.74 Å². The summed E-state index contributed by atoms with van der Waals surface area (Å²) < 4.78 is 5.09. The second-order valence-corrected chi connectivity index (χ2v) is 7.14. The summed E-state index contributed by atoms with van der Waals surface area (Å²) in [5.74, 6) is 1.36. The molecule has 0 aliphatic heterocycles. The minimum absolute atomic E-state index is 0.0583. The van der Waals surface area contributed by atoms with Gasteiger partial charge in [0.25, 0.3) is 0 Å².